The molecule has 0 aliphatic carbocycles. The van der Waals surface area contributed by atoms with Crippen molar-refractivity contribution in [2.45, 2.75) is 64.0 Å². The van der Waals surface area contributed by atoms with Gasteiger partial charge in [0, 0.05) is 25.0 Å². The number of phenolic OH excluding ortho intramolecular Hbond substituents is 1. The topological polar surface area (TPSA) is 70.1 Å². The summed E-state index contributed by atoms with van der Waals surface area (Å²) in [6.07, 6.45) is 6.55. The third-order valence-electron chi connectivity index (χ3n) is 7.51. The van der Waals surface area contributed by atoms with Gasteiger partial charge in [0.1, 0.15) is 5.75 Å². The summed E-state index contributed by atoms with van der Waals surface area (Å²) in [6.45, 7) is 4.96. The zero-order valence-electron chi connectivity index (χ0n) is 18.2. The smallest absolute Gasteiger partial charge is 0.305 e. The summed E-state index contributed by atoms with van der Waals surface area (Å²) in [6, 6.07) is 5.91. The molecule has 4 atom stereocenters. The molecule has 30 heavy (non-hydrogen) atoms. The van der Waals surface area contributed by atoms with Gasteiger partial charge >= 0.3 is 5.97 Å². The van der Waals surface area contributed by atoms with Crippen molar-refractivity contribution in [1.29, 1.82) is 0 Å². The van der Waals surface area contributed by atoms with Gasteiger partial charge in [0.15, 0.2) is 0 Å². The highest BCUT2D eigenvalue weighted by Gasteiger charge is 2.49. The number of ether oxygens (including phenoxy) is 1. The number of nitrogens with zero attached hydrogens (tertiary/aromatic N) is 2. The summed E-state index contributed by atoms with van der Waals surface area (Å²) in [4.78, 5) is 30.1. The maximum Gasteiger partial charge on any atom is 0.305 e. The van der Waals surface area contributed by atoms with Crippen LogP contribution in [0.15, 0.2) is 18.2 Å². The number of aromatic hydroxyl groups is 1. The molecule has 0 radical (unpaired) electrons. The van der Waals surface area contributed by atoms with Crippen LogP contribution in [0.3, 0.4) is 0 Å². The molecule has 6 heteroatoms. The molecule has 3 aliphatic rings. The molecule has 1 amide bonds. The number of amides is 1. The summed E-state index contributed by atoms with van der Waals surface area (Å²) in [5.74, 6) is 0.738. The quantitative estimate of drug-likeness (QED) is 0.748. The Hall–Kier alpha value is -2.08. The number of hydrogen-bond donors (Lipinski definition) is 1. The Labute approximate surface area is 179 Å². The number of phenols is 1. The summed E-state index contributed by atoms with van der Waals surface area (Å²) in [5.41, 5.74) is 1.24. The second-order valence-electron chi connectivity index (χ2n) is 9.20. The van der Waals surface area contributed by atoms with E-state index in [-0.39, 0.29) is 23.7 Å². The van der Waals surface area contributed by atoms with Gasteiger partial charge in [-0.15, -0.1) is 0 Å². The number of rotatable bonds is 5. The molecule has 0 bridgehead atoms. The molecular weight excluding hydrogens is 380 g/mol. The van der Waals surface area contributed by atoms with Gasteiger partial charge in [0.2, 0.25) is 0 Å². The highest BCUT2D eigenvalue weighted by Crippen LogP contribution is 2.44. The minimum Gasteiger partial charge on any atom is -0.507 e. The Balaban J connectivity index is 1.63. The number of aryl methyl sites for hydroxylation is 1. The Morgan fingerprint density at radius 2 is 1.97 bits per heavy atom. The third-order valence-corrected chi connectivity index (χ3v) is 7.51. The first kappa shape index (κ1) is 21.2. The standard InChI is InChI=1S/C24H34N2O4/c1-16-7-3-11-20(27)22(16)24(29)26-15-17-8-5-13-25-14-6-9-18(23(17)25)19(26)10-4-12-21(28)30-2/h3,7,11,17-19,23,27H,4-6,8-10,12-15H2,1-2H3. The van der Waals surface area contributed by atoms with Gasteiger partial charge in [0.05, 0.1) is 12.7 Å². The molecule has 3 saturated heterocycles. The van der Waals surface area contributed by atoms with Crippen molar-refractivity contribution in [2.75, 3.05) is 26.7 Å². The zero-order chi connectivity index (χ0) is 21.3. The number of benzene rings is 1. The van der Waals surface area contributed by atoms with Crippen LogP contribution in [0.2, 0.25) is 0 Å². The van der Waals surface area contributed by atoms with Crippen LogP contribution in [-0.2, 0) is 9.53 Å². The van der Waals surface area contributed by atoms with Gasteiger partial charge in [-0.1, -0.05) is 12.1 Å². The highest BCUT2D eigenvalue weighted by molar-refractivity contribution is 5.98. The van der Waals surface area contributed by atoms with Crippen LogP contribution in [0.4, 0.5) is 0 Å². The zero-order valence-corrected chi connectivity index (χ0v) is 18.2. The molecule has 3 heterocycles. The summed E-state index contributed by atoms with van der Waals surface area (Å²) >= 11 is 0. The molecular formula is C24H34N2O4. The van der Waals surface area contributed by atoms with E-state index in [0.717, 1.165) is 37.8 Å². The number of carbonyl (C=O) groups excluding carboxylic acids is 2. The van der Waals surface area contributed by atoms with Crippen LogP contribution < -0.4 is 0 Å². The van der Waals surface area contributed by atoms with Crippen LogP contribution in [0.5, 0.6) is 5.75 Å². The fourth-order valence-corrected chi connectivity index (χ4v) is 6.23. The van der Waals surface area contributed by atoms with E-state index in [9.17, 15) is 14.7 Å². The lowest BCUT2D eigenvalue weighted by Gasteiger charge is -2.57. The first-order valence-electron chi connectivity index (χ1n) is 11.4. The second-order valence-corrected chi connectivity index (χ2v) is 9.20. The molecule has 6 nitrogen and oxygen atoms in total. The minimum absolute atomic E-state index is 0.0596. The van der Waals surface area contributed by atoms with Gasteiger partial charge in [0.25, 0.3) is 5.91 Å². The van der Waals surface area contributed by atoms with E-state index in [1.807, 2.05) is 17.9 Å². The Morgan fingerprint density at radius 1 is 1.20 bits per heavy atom. The average Bonchev–Trinajstić information content (AvgIpc) is 2.74. The monoisotopic (exact) mass is 414 g/mol. The molecule has 0 saturated carbocycles. The van der Waals surface area contributed by atoms with Gasteiger partial charge < -0.3 is 14.7 Å². The summed E-state index contributed by atoms with van der Waals surface area (Å²) in [7, 11) is 1.42. The van der Waals surface area contributed by atoms with Crippen molar-refractivity contribution in [1.82, 2.24) is 9.80 Å². The Bertz CT molecular complexity index is 773. The van der Waals surface area contributed by atoms with Crippen LogP contribution in [-0.4, -0.2) is 65.6 Å². The average molecular weight is 415 g/mol. The first-order valence-corrected chi connectivity index (χ1v) is 11.4. The molecule has 0 spiro atoms. The maximum atomic E-state index is 13.7. The van der Waals surface area contributed by atoms with Crippen molar-refractivity contribution in [3.63, 3.8) is 0 Å². The van der Waals surface area contributed by atoms with E-state index in [1.165, 1.54) is 33.0 Å². The highest BCUT2D eigenvalue weighted by atomic mass is 16.5. The molecule has 3 aliphatic heterocycles. The number of carbonyl (C=O) groups is 2. The van der Waals surface area contributed by atoms with Crippen molar-refractivity contribution < 1.29 is 19.4 Å². The fourth-order valence-electron chi connectivity index (χ4n) is 6.23. The van der Waals surface area contributed by atoms with E-state index in [2.05, 4.69) is 4.90 Å². The normalized spacial score (nSPS) is 28.7. The molecule has 0 aromatic heterocycles. The first-order chi connectivity index (χ1) is 14.5. The van der Waals surface area contributed by atoms with Crippen LogP contribution in [0, 0.1) is 18.8 Å². The van der Waals surface area contributed by atoms with Gasteiger partial charge in [-0.2, -0.15) is 0 Å². The second kappa shape index (κ2) is 8.96. The lowest BCUT2D eigenvalue weighted by Crippen LogP contribution is -2.65. The SMILES string of the molecule is COC(=O)CCCC1C2CCCN3CCCC(CN1C(=O)c1c(C)cccc1O)C23. The van der Waals surface area contributed by atoms with Crippen LogP contribution >= 0.6 is 0 Å². The van der Waals surface area contributed by atoms with Crippen molar-refractivity contribution >= 4 is 11.9 Å². The number of likely N-dealkylation sites (tertiary alicyclic amines) is 1. The fraction of sp³-hybridized carbons (Fsp3) is 0.667. The number of methoxy groups -OCH3 is 1. The van der Waals surface area contributed by atoms with Crippen molar-refractivity contribution in [2.24, 2.45) is 11.8 Å². The molecule has 3 fully saturated rings. The molecule has 1 aromatic carbocycles. The number of hydrogen-bond acceptors (Lipinski definition) is 5. The van der Waals surface area contributed by atoms with Crippen LogP contribution in [0.1, 0.15) is 60.9 Å². The van der Waals surface area contributed by atoms with Crippen molar-refractivity contribution in [3.8, 4) is 5.75 Å². The molecule has 4 unspecified atom stereocenters. The lowest BCUT2D eigenvalue weighted by molar-refractivity contribution is -0.140. The van der Waals surface area contributed by atoms with Gasteiger partial charge in [-0.3, -0.25) is 14.5 Å². The van der Waals surface area contributed by atoms with Gasteiger partial charge in [-0.05, 0) is 82.0 Å². The lowest BCUT2D eigenvalue weighted by atomic mass is 9.69. The van der Waals surface area contributed by atoms with Gasteiger partial charge in [-0.25, -0.2) is 0 Å². The predicted molar refractivity (Wildman–Crippen MR) is 114 cm³/mol. The Morgan fingerprint density at radius 3 is 2.70 bits per heavy atom. The molecule has 1 N–H and O–H groups in total. The number of esters is 1. The third kappa shape index (κ3) is 3.94. The largest absolute Gasteiger partial charge is 0.507 e. The molecule has 4 rings (SSSR count). The van der Waals surface area contributed by atoms with E-state index in [1.54, 1.807) is 12.1 Å². The molecule has 1 aromatic rings. The summed E-state index contributed by atoms with van der Waals surface area (Å²) in [5, 5.41) is 10.5. The van der Waals surface area contributed by atoms with E-state index in [4.69, 9.17) is 4.74 Å². The number of piperidine rings is 3. The van der Waals surface area contributed by atoms with E-state index < -0.39 is 0 Å². The predicted octanol–water partition coefficient (Wildman–Crippen LogP) is 3.36. The summed E-state index contributed by atoms with van der Waals surface area (Å²) < 4.78 is 4.82. The minimum atomic E-state index is -0.193. The maximum absolute atomic E-state index is 13.7. The van der Waals surface area contributed by atoms with Crippen molar-refractivity contribution in [3.05, 3.63) is 29.3 Å². The van der Waals surface area contributed by atoms with E-state index >= 15 is 0 Å². The Kier molecular flexibility index (Phi) is 6.32. The van der Waals surface area contributed by atoms with Crippen LogP contribution in [0.25, 0.3) is 0 Å². The molecule has 164 valence electrons. The van der Waals surface area contributed by atoms with E-state index in [0.29, 0.717) is 29.9 Å².